The Morgan fingerprint density at radius 3 is 2.48 bits per heavy atom. The predicted molar refractivity (Wildman–Crippen MR) is 79.5 cm³/mol. The molecule has 0 radical (unpaired) electrons. The minimum absolute atomic E-state index is 0.0477. The van der Waals surface area contributed by atoms with E-state index in [2.05, 4.69) is 10.6 Å². The van der Waals surface area contributed by atoms with Crippen molar-refractivity contribution in [2.45, 2.75) is 19.8 Å². The van der Waals surface area contributed by atoms with E-state index >= 15 is 0 Å². The van der Waals surface area contributed by atoms with Gasteiger partial charge in [-0.05, 0) is 30.0 Å². The molecule has 6 heteroatoms. The summed E-state index contributed by atoms with van der Waals surface area (Å²) in [6.07, 6.45) is 0.772. The maximum atomic E-state index is 11.5. The van der Waals surface area contributed by atoms with Crippen LogP contribution in [0.25, 0.3) is 0 Å². The third-order valence-electron chi connectivity index (χ3n) is 2.99. The molecule has 2 amide bonds. The van der Waals surface area contributed by atoms with Crippen LogP contribution in [0.5, 0.6) is 5.75 Å². The molecule has 0 aliphatic carbocycles. The lowest BCUT2D eigenvalue weighted by atomic mass is 10.1. The van der Waals surface area contributed by atoms with Crippen LogP contribution < -0.4 is 15.4 Å². The summed E-state index contributed by atoms with van der Waals surface area (Å²) in [6, 6.07) is 7.38. The third kappa shape index (κ3) is 7.20. The Morgan fingerprint density at radius 1 is 1.24 bits per heavy atom. The first kappa shape index (κ1) is 16.8. The fraction of sp³-hybridized carbons (Fsp3) is 0.467. The SMILES string of the molecule is COc1ccc(CCNC(=O)NCC(C)CC(=O)O)cc1. The minimum Gasteiger partial charge on any atom is -0.497 e. The smallest absolute Gasteiger partial charge is 0.314 e. The van der Waals surface area contributed by atoms with Gasteiger partial charge in [-0.3, -0.25) is 4.79 Å². The largest absolute Gasteiger partial charge is 0.497 e. The zero-order valence-electron chi connectivity index (χ0n) is 12.4. The topological polar surface area (TPSA) is 87.7 Å². The molecule has 0 heterocycles. The molecule has 1 aromatic carbocycles. The Hall–Kier alpha value is -2.24. The van der Waals surface area contributed by atoms with E-state index in [-0.39, 0.29) is 18.4 Å². The number of hydrogen-bond donors (Lipinski definition) is 3. The second kappa shape index (κ2) is 8.84. The van der Waals surface area contributed by atoms with Crippen LogP contribution in [-0.2, 0) is 11.2 Å². The van der Waals surface area contributed by atoms with E-state index in [4.69, 9.17) is 9.84 Å². The van der Waals surface area contributed by atoms with Gasteiger partial charge in [-0.15, -0.1) is 0 Å². The van der Waals surface area contributed by atoms with Gasteiger partial charge in [0.25, 0.3) is 0 Å². The highest BCUT2D eigenvalue weighted by Crippen LogP contribution is 2.11. The average molecular weight is 294 g/mol. The minimum atomic E-state index is -0.857. The first-order chi connectivity index (χ1) is 10.0. The molecule has 1 unspecified atom stereocenters. The first-order valence-corrected chi connectivity index (χ1v) is 6.87. The highest BCUT2D eigenvalue weighted by atomic mass is 16.5. The molecule has 0 aromatic heterocycles. The molecule has 116 valence electrons. The number of methoxy groups -OCH3 is 1. The molecule has 1 rings (SSSR count). The number of carboxylic acids is 1. The van der Waals surface area contributed by atoms with E-state index in [0.717, 1.165) is 17.7 Å². The van der Waals surface area contributed by atoms with Crippen molar-refractivity contribution in [3.8, 4) is 5.75 Å². The zero-order chi connectivity index (χ0) is 15.7. The van der Waals surface area contributed by atoms with E-state index in [0.29, 0.717) is 13.1 Å². The summed E-state index contributed by atoms with van der Waals surface area (Å²) >= 11 is 0. The normalized spacial score (nSPS) is 11.5. The number of rotatable bonds is 8. The Labute approximate surface area is 124 Å². The molecule has 0 bridgehead atoms. The highest BCUT2D eigenvalue weighted by molar-refractivity contribution is 5.74. The standard InChI is InChI=1S/C15H22N2O4/c1-11(9-14(18)19)10-17-15(20)16-8-7-12-3-5-13(21-2)6-4-12/h3-6,11H,7-10H2,1-2H3,(H,18,19)(H2,16,17,20). The zero-order valence-corrected chi connectivity index (χ0v) is 12.4. The number of carbonyl (C=O) groups excluding carboxylic acids is 1. The van der Waals surface area contributed by atoms with Gasteiger partial charge in [0.15, 0.2) is 0 Å². The van der Waals surface area contributed by atoms with Crippen LogP contribution >= 0.6 is 0 Å². The molecule has 1 atom stereocenters. The molecule has 3 N–H and O–H groups in total. The number of aliphatic carboxylic acids is 1. The van der Waals surface area contributed by atoms with Gasteiger partial charge in [0.1, 0.15) is 5.75 Å². The Kier molecular flexibility index (Phi) is 7.08. The van der Waals surface area contributed by atoms with Crippen molar-refractivity contribution < 1.29 is 19.4 Å². The highest BCUT2D eigenvalue weighted by Gasteiger charge is 2.08. The van der Waals surface area contributed by atoms with E-state index in [1.807, 2.05) is 24.3 Å². The van der Waals surface area contributed by atoms with Crippen LogP contribution in [0, 0.1) is 5.92 Å². The number of urea groups is 1. The summed E-state index contributed by atoms with van der Waals surface area (Å²) in [6.45, 7) is 2.65. The van der Waals surface area contributed by atoms with Gasteiger partial charge in [-0.1, -0.05) is 19.1 Å². The van der Waals surface area contributed by atoms with Gasteiger partial charge < -0.3 is 20.5 Å². The van der Waals surface area contributed by atoms with Crippen molar-refractivity contribution in [3.63, 3.8) is 0 Å². The molecular weight excluding hydrogens is 272 g/mol. The van der Waals surface area contributed by atoms with Crippen molar-refractivity contribution in [1.82, 2.24) is 10.6 Å². The number of carboxylic acid groups (broad SMARTS) is 1. The predicted octanol–water partition coefficient (Wildman–Crippen LogP) is 1.65. The molecule has 0 spiro atoms. The molecule has 0 saturated carbocycles. The van der Waals surface area contributed by atoms with Crippen LogP contribution in [0.15, 0.2) is 24.3 Å². The van der Waals surface area contributed by atoms with Crippen LogP contribution in [0.4, 0.5) is 4.79 Å². The third-order valence-corrected chi connectivity index (χ3v) is 2.99. The molecule has 0 aliphatic rings. The monoisotopic (exact) mass is 294 g/mol. The van der Waals surface area contributed by atoms with Gasteiger partial charge in [0.2, 0.25) is 0 Å². The summed E-state index contributed by atoms with van der Waals surface area (Å²) in [7, 11) is 1.62. The van der Waals surface area contributed by atoms with Crippen LogP contribution in [0.1, 0.15) is 18.9 Å². The fourth-order valence-corrected chi connectivity index (χ4v) is 1.81. The van der Waals surface area contributed by atoms with E-state index in [1.54, 1.807) is 14.0 Å². The van der Waals surface area contributed by atoms with Crippen molar-refractivity contribution in [3.05, 3.63) is 29.8 Å². The lowest BCUT2D eigenvalue weighted by molar-refractivity contribution is -0.137. The van der Waals surface area contributed by atoms with Crippen molar-refractivity contribution in [1.29, 1.82) is 0 Å². The average Bonchev–Trinajstić information content (AvgIpc) is 2.45. The quantitative estimate of drug-likeness (QED) is 0.680. The van der Waals surface area contributed by atoms with Gasteiger partial charge in [-0.25, -0.2) is 4.79 Å². The number of benzene rings is 1. The molecular formula is C15H22N2O4. The number of amides is 2. The van der Waals surface area contributed by atoms with Crippen LogP contribution in [0.2, 0.25) is 0 Å². The number of ether oxygens (including phenoxy) is 1. The van der Waals surface area contributed by atoms with E-state index in [9.17, 15) is 9.59 Å². The molecule has 0 saturated heterocycles. The number of carbonyl (C=O) groups is 2. The molecule has 0 aliphatic heterocycles. The Bertz CT molecular complexity index is 459. The summed E-state index contributed by atoms with van der Waals surface area (Å²) in [5, 5.41) is 14.0. The summed E-state index contributed by atoms with van der Waals surface area (Å²) < 4.78 is 5.07. The number of nitrogens with one attached hydrogen (secondary N) is 2. The maximum absolute atomic E-state index is 11.5. The second-order valence-electron chi connectivity index (χ2n) is 4.94. The lowest BCUT2D eigenvalue weighted by Gasteiger charge is -2.11. The number of hydrogen-bond acceptors (Lipinski definition) is 3. The molecule has 1 aromatic rings. The van der Waals surface area contributed by atoms with Crippen LogP contribution in [0.3, 0.4) is 0 Å². The summed E-state index contributed by atoms with van der Waals surface area (Å²) in [4.78, 5) is 22.0. The van der Waals surface area contributed by atoms with Crippen molar-refractivity contribution >= 4 is 12.0 Å². The van der Waals surface area contributed by atoms with E-state index in [1.165, 1.54) is 0 Å². The fourth-order valence-electron chi connectivity index (χ4n) is 1.81. The lowest BCUT2D eigenvalue weighted by Crippen LogP contribution is -2.39. The maximum Gasteiger partial charge on any atom is 0.314 e. The Balaban J connectivity index is 2.19. The van der Waals surface area contributed by atoms with Gasteiger partial charge >= 0.3 is 12.0 Å². The first-order valence-electron chi connectivity index (χ1n) is 6.87. The Morgan fingerprint density at radius 2 is 1.90 bits per heavy atom. The summed E-state index contributed by atoms with van der Waals surface area (Å²) in [5.74, 6) is -0.143. The van der Waals surface area contributed by atoms with Crippen LogP contribution in [-0.4, -0.2) is 37.3 Å². The van der Waals surface area contributed by atoms with Gasteiger partial charge in [0.05, 0.1) is 7.11 Å². The molecule has 0 fully saturated rings. The van der Waals surface area contributed by atoms with Crippen molar-refractivity contribution in [2.24, 2.45) is 5.92 Å². The molecule has 6 nitrogen and oxygen atoms in total. The molecule has 21 heavy (non-hydrogen) atoms. The summed E-state index contributed by atoms with van der Waals surface area (Å²) in [5.41, 5.74) is 1.11. The van der Waals surface area contributed by atoms with Crippen molar-refractivity contribution in [2.75, 3.05) is 20.2 Å². The van der Waals surface area contributed by atoms with Gasteiger partial charge in [-0.2, -0.15) is 0 Å². The van der Waals surface area contributed by atoms with E-state index < -0.39 is 5.97 Å². The second-order valence-corrected chi connectivity index (χ2v) is 4.94. The van der Waals surface area contributed by atoms with Gasteiger partial charge in [0, 0.05) is 19.5 Å².